The Morgan fingerprint density at radius 3 is 1.10 bits per heavy atom. The zero-order chi connectivity index (χ0) is 53.4. The summed E-state index contributed by atoms with van der Waals surface area (Å²) in [5.41, 5.74) is 3.01. The van der Waals surface area contributed by atoms with Gasteiger partial charge in [-0.05, 0) is 92.5 Å². The first kappa shape index (κ1) is 60.6. The van der Waals surface area contributed by atoms with Crippen LogP contribution in [0.4, 0.5) is 0 Å². The van der Waals surface area contributed by atoms with Crippen molar-refractivity contribution in [3.05, 3.63) is 70.8 Å². The molecule has 0 saturated carbocycles. The molecule has 2 aromatic carbocycles. The summed E-state index contributed by atoms with van der Waals surface area (Å²) in [6, 6.07) is 9.94. The molecular weight excluding hydrogens is 952 g/mol. The van der Waals surface area contributed by atoms with Gasteiger partial charge in [0.15, 0.2) is 18.3 Å². The molecule has 0 bridgehead atoms. The van der Waals surface area contributed by atoms with Crippen LogP contribution in [-0.4, -0.2) is 145 Å². The average Bonchev–Trinajstić information content (AvgIpc) is 3.31. The molecule has 0 radical (unpaired) electrons. The van der Waals surface area contributed by atoms with Gasteiger partial charge >= 0.3 is 23.9 Å². The molecule has 0 unspecified atom stereocenters. The number of ether oxygens (including phenoxy) is 4. The first-order valence-electron chi connectivity index (χ1n) is 24.9. The molecule has 71 heavy (non-hydrogen) atoms. The number of likely N-dealkylation sites (N-methyl/N-ethyl adjacent to an activating group) is 4. The normalized spacial score (nSPS) is 24.9. The molecule has 3 rings (SSSR count). The molecule has 0 spiro atoms. The van der Waals surface area contributed by atoms with Gasteiger partial charge in [0, 0.05) is 52.3 Å². The molecule has 17 heteroatoms. The molecule has 1 fully saturated rings. The van der Waals surface area contributed by atoms with Crippen molar-refractivity contribution in [3.8, 4) is 0 Å². The molecule has 0 aliphatic carbocycles. The highest BCUT2D eigenvalue weighted by atomic mass is 35.5. The van der Waals surface area contributed by atoms with Crippen molar-refractivity contribution >= 4 is 64.8 Å². The second-order valence-corrected chi connectivity index (χ2v) is 21.4. The maximum absolute atomic E-state index is 14.8. The van der Waals surface area contributed by atoms with E-state index in [9.17, 15) is 33.6 Å². The smallest absolute Gasteiger partial charge is 0.329 e. The first-order valence-corrected chi connectivity index (χ1v) is 25.9. The van der Waals surface area contributed by atoms with Crippen LogP contribution in [0.3, 0.4) is 0 Å². The quantitative estimate of drug-likeness (QED) is 0.103. The lowest BCUT2D eigenvalue weighted by Gasteiger charge is -2.35. The van der Waals surface area contributed by atoms with Crippen molar-refractivity contribution in [2.24, 2.45) is 23.7 Å². The van der Waals surface area contributed by atoms with Crippen LogP contribution < -0.4 is 0 Å². The lowest BCUT2D eigenvalue weighted by atomic mass is 9.99. The number of halogens is 2. The Kier molecular flexibility index (Phi) is 24.3. The van der Waals surface area contributed by atoms with E-state index in [-0.39, 0.29) is 74.1 Å². The summed E-state index contributed by atoms with van der Waals surface area (Å²) in [5.74, 6) is -5.03. The van der Waals surface area contributed by atoms with Crippen LogP contribution in [0.25, 0.3) is 0 Å². The first-order chi connectivity index (χ1) is 33.3. The molecule has 1 aliphatic rings. The van der Waals surface area contributed by atoms with E-state index < -0.39 is 90.2 Å². The third-order valence-electron chi connectivity index (χ3n) is 12.6. The Labute approximate surface area is 432 Å². The van der Waals surface area contributed by atoms with Gasteiger partial charge in [0.1, 0.15) is 30.3 Å². The van der Waals surface area contributed by atoms with E-state index in [0.717, 1.165) is 16.0 Å². The summed E-state index contributed by atoms with van der Waals surface area (Å²) in [6.45, 7) is 18.3. The number of amides is 3. The number of esters is 4. The fourth-order valence-electron chi connectivity index (χ4n) is 8.58. The highest BCUT2D eigenvalue weighted by Gasteiger charge is 2.42. The number of nitrogens with zero attached hydrogens (tertiary/aromatic N) is 4. The Hall–Kier alpha value is -4.73. The van der Waals surface area contributed by atoms with Crippen LogP contribution in [-0.2, 0) is 77.1 Å². The van der Waals surface area contributed by atoms with Crippen LogP contribution in [0, 0.1) is 23.7 Å². The molecule has 3 amide bonds. The van der Waals surface area contributed by atoms with Crippen LogP contribution in [0.2, 0.25) is 0 Å². The van der Waals surface area contributed by atoms with Gasteiger partial charge in [0.05, 0.1) is 0 Å². The van der Waals surface area contributed by atoms with Crippen molar-refractivity contribution < 1.29 is 52.5 Å². The third-order valence-corrected chi connectivity index (χ3v) is 13.2. The number of rotatable bonds is 14. The Morgan fingerprint density at radius 1 is 0.451 bits per heavy atom. The number of cyclic esters (lactones) is 4. The van der Waals surface area contributed by atoms with E-state index in [4.69, 9.17) is 42.1 Å². The van der Waals surface area contributed by atoms with Crippen molar-refractivity contribution in [3.63, 3.8) is 0 Å². The molecule has 2 aromatic rings. The van der Waals surface area contributed by atoms with Gasteiger partial charge in [-0.15, -0.1) is 23.2 Å². The minimum atomic E-state index is -1.44. The van der Waals surface area contributed by atoms with Crippen molar-refractivity contribution in [2.45, 2.75) is 168 Å². The molecule has 1 aliphatic heterocycles. The van der Waals surface area contributed by atoms with Gasteiger partial charge < -0.3 is 33.6 Å². The zero-order valence-corrected chi connectivity index (χ0v) is 46.0. The largest absolute Gasteiger partial charge is 0.460 e. The highest BCUT2D eigenvalue weighted by molar-refractivity contribution is 6.17. The van der Waals surface area contributed by atoms with Crippen LogP contribution in [0.5, 0.6) is 0 Å². The standard InChI is InChI=1S/C54H80Cl2N4O11/c1-32(2)23-42-51(64)70-46(27-38-15-19-40(29-55)20-16-38)49(62)60(14)44(25-34(5)6)53(66)69-37(10)48(61)58(12)45(26-35(7)8)54(67)71-47(28-39-17-21-41(30-56)22-18-39)50(63)59(13)43(24-33(3)4)52(65)68-36(9)31-57(42)11/h15-22,32-37,42-47H,23-31H2,1-14H3/t36-,37-,42+,43+,44+,45+,46-,47-/m1/s1. The molecule has 0 aromatic heterocycles. The van der Waals surface area contributed by atoms with Gasteiger partial charge in [0.25, 0.3) is 17.7 Å². The monoisotopic (exact) mass is 1030 g/mol. The lowest BCUT2D eigenvalue weighted by molar-refractivity contribution is -0.174. The number of carbonyl (C=O) groups is 7. The third kappa shape index (κ3) is 18.4. The number of hydrogen-bond donors (Lipinski definition) is 0. The van der Waals surface area contributed by atoms with Gasteiger partial charge in [-0.2, -0.15) is 0 Å². The summed E-state index contributed by atoms with van der Waals surface area (Å²) in [6.07, 6.45) is -4.40. The predicted molar refractivity (Wildman–Crippen MR) is 274 cm³/mol. The SMILES string of the molecule is CC(C)C[C@H]1C(=O)O[C@H](Cc2ccc(CCl)cc2)C(=O)N(C)[C@@H](CC(C)C)C(=O)O[C@H](C)C(=O)N(C)[C@@H](CC(C)C)C(=O)O[C@H](Cc2ccc(CCl)cc2)C(=O)N(C)[C@@H](CC(C)C)C(=O)O[C@H](C)CN1C. The summed E-state index contributed by atoms with van der Waals surface area (Å²) < 4.78 is 24.3. The molecular formula is C54H80Cl2N4O11. The van der Waals surface area contributed by atoms with Crippen molar-refractivity contribution in [2.75, 3.05) is 34.7 Å². The van der Waals surface area contributed by atoms with Crippen molar-refractivity contribution in [1.29, 1.82) is 0 Å². The number of alkyl halides is 2. The van der Waals surface area contributed by atoms with E-state index in [1.807, 2.05) is 67.5 Å². The van der Waals surface area contributed by atoms with E-state index in [0.29, 0.717) is 17.5 Å². The maximum atomic E-state index is 14.8. The van der Waals surface area contributed by atoms with E-state index in [2.05, 4.69) is 0 Å². The Bertz CT molecular complexity index is 2080. The van der Waals surface area contributed by atoms with Gasteiger partial charge in [-0.25, -0.2) is 14.4 Å². The number of benzene rings is 2. The van der Waals surface area contributed by atoms with Crippen LogP contribution >= 0.6 is 23.2 Å². The number of carbonyl (C=O) groups excluding carboxylic acids is 7. The Balaban J connectivity index is 2.24. The summed E-state index contributed by atoms with van der Waals surface area (Å²) in [7, 11) is 6.01. The Morgan fingerprint density at radius 2 is 0.746 bits per heavy atom. The summed E-state index contributed by atoms with van der Waals surface area (Å²) in [4.78, 5) is 107. The molecule has 1 saturated heterocycles. The average molecular weight is 1030 g/mol. The van der Waals surface area contributed by atoms with E-state index in [1.165, 1.54) is 37.9 Å². The topological polar surface area (TPSA) is 169 Å². The minimum Gasteiger partial charge on any atom is -0.460 e. The second-order valence-electron chi connectivity index (χ2n) is 20.9. The minimum absolute atomic E-state index is 0.00962. The van der Waals surface area contributed by atoms with Gasteiger partial charge in [0.2, 0.25) is 0 Å². The molecule has 0 N–H and O–H groups in total. The second kappa shape index (κ2) is 28.5. The van der Waals surface area contributed by atoms with Crippen LogP contribution in [0.15, 0.2) is 48.5 Å². The van der Waals surface area contributed by atoms with Gasteiger partial charge in [-0.3, -0.25) is 24.1 Å². The fourth-order valence-corrected chi connectivity index (χ4v) is 8.94. The predicted octanol–water partition coefficient (Wildman–Crippen LogP) is 7.62. The van der Waals surface area contributed by atoms with E-state index in [1.54, 1.807) is 55.3 Å². The van der Waals surface area contributed by atoms with Crippen LogP contribution in [0.1, 0.15) is 117 Å². The lowest BCUT2D eigenvalue weighted by Crippen LogP contribution is -2.54. The molecule has 1 heterocycles. The molecule has 15 nitrogen and oxygen atoms in total. The zero-order valence-electron chi connectivity index (χ0n) is 44.4. The fraction of sp³-hybridized carbons (Fsp3) is 0.648. The summed E-state index contributed by atoms with van der Waals surface area (Å²) >= 11 is 12.1. The maximum Gasteiger partial charge on any atom is 0.329 e. The summed E-state index contributed by atoms with van der Waals surface area (Å²) in [5, 5.41) is 0. The number of hydrogen-bond acceptors (Lipinski definition) is 12. The van der Waals surface area contributed by atoms with Gasteiger partial charge in [-0.1, -0.05) is 104 Å². The van der Waals surface area contributed by atoms with Crippen molar-refractivity contribution in [1.82, 2.24) is 19.6 Å². The molecule has 8 atom stereocenters. The molecule has 396 valence electrons. The van der Waals surface area contributed by atoms with E-state index >= 15 is 0 Å². The highest BCUT2D eigenvalue weighted by Crippen LogP contribution is 2.24.